The lowest BCUT2D eigenvalue weighted by molar-refractivity contribution is 0.102. The number of allylic oxidation sites excluding steroid dienone is 1. The maximum Gasteiger partial charge on any atom is 0.211 e. The van der Waals surface area contributed by atoms with Crippen molar-refractivity contribution in [1.29, 1.82) is 0 Å². The van der Waals surface area contributed by atoms with Crippen LogP contribution in [0.5, 0.6) is 0 Å². The lowest BCUT2D eigenvalue weighted by atomic mass is 10.2. The minimum Gasteiger partial charge on any atom is -0.320 e. The summed E-state index contributed by atoms with van der Waals surface area (Å²) in [6, 6.07) is 17.2. The van der Waals surface area contributed by atoms with Gasteiger partial charge in [0.05, 0.1) is 11.3 Å². The number of hydrogen-bond acceptors (Lipinski definition) is 5. The van der Waals surface area contributed by atoms with Gasteiger partial charge in [0, 0.05) is 17.5 Å². The quantitative estimate of drug-likeness (QED) is 0.294. The number of Topliss-reactive ketones (excluding diaryl/α,β-unsaturated/α-hetero) is 1. The number of thioether (sulfide) groups is 1. The van der Waals surface area contributed by atoms with E-state index in [0.29, 0.717) is 17.3 Å². The molecule has 0 bridgehead atoms. The molecule has 0 unspecified atom stereocenters. The van der Waals surface area contributed by atoms with Gasteiger partial charge in [0.2, 0.25) is 5.16 Å². The molecule has 0 aliphatic heterocycles. The zero-order valence-corrected chi connectivity index (χ0v) is 14.8. The third-order valence-corrected chi connectivity index (χ3v) is 4.93. The molecule has 2 heterocycles. The number of carbonyl (C=O) groups is 1. The maximum absolute atomic E-state index is 12.3. The van der Waals surface area contributed by atoms with Gasteiger partial charge in [0.1, 0.15) is 5.52 Å². The molecule has 0 radical (unpaired) electrons. The summed E-state index contributed by atoms with van der Waals surface area (Å²) in [5, 5.41) is 10.1. The van der Waals surface area contributed by atoms with Gasteiger partial charge in [-0.15, -0.1) is 16.8 Å². The molecule has 0 amide bonds. The molecule has 128 valence electrons. The van der Waals surface area contributed by atoms with E-state index in [2.05, 4.69) is 26.3 Å². The summed E-state index contributed by atoms with van der Waals surface area (Å²) < 4.78 is 2.06. The lowest BCUT2D eigenvalue weighted by Crippen LogP contribution is -2.04. The van der Waals surface area contributed by atoms with Crippen molar-refractivity contribution in [3.05, 3.63) is 72.8 Å². The van der Waals surface area contributed by atoms with Gasteiger partial charge in [-0.3, -0.25) is 4.79 Å². The first-order valence-corrected chi connectivity index (χ1v) is 9.20. The Morgan fingerprint density at radius 1 is 1.08 bits per heavy atom. The predicted molar refractivity (Wildman–Crippen MR) is 105 cm³/mol. The number of rotatable bonds is 6. The first kappa shape index (κ1) is 16.5. The molecule has 4 rings (SSSR count). The van der Waals surface area contributed by atoms with Gasteiger partial charge in [-0.2, -0.15) is 0 Å². The van der Waals surface area contributed by atoms with Crippen LogP contribution in [-0.4, -0.2) is 31.3 Å². The fraction of sp³-hybridized carbons (Fsp3) is 0.100. The summed E-state index contributed by atoms with van der Waals surface area (Å²) in [6.45, 7) is 4.46. The average molecular weight is 360 g/mol. The second-order valence-corrected chi connectivity index (χ2v) is 6.70. The van der Waals surface area contributed by atoms with Gasteiger partial charge in [-0.1, -0.05) is 66.4 Å². The molecule has 0 aliphatic carbocycles. The third kappa shape index (κ3) is 2.99. The van der Waals surface area contributed by atoms with E-state index in [1.165, 1.54) is 11.8 Å². The minimum absolute atomic E-state index is 0.0472. The SMILES string of the molecule is C=CCn1c2ccccc2c2nnc(SCC(=O)c3ccccc3)nc21. The molecule has 0 atom stereocenters. The molecular formula is C20H16N4OS. The molecule has 0 fully saturated rings. The highest BCUT2D eigenvalue weighted by atomic mass is 32.2. The molecule has 0 N–H and O–H groups in total. The van der Waals surface area contributed by atoms with Crippen LogP contribution in [0.2, 0.25) is 0 Å². The molecule has 0 saturated heterocycles. The highest BCUT2D eigenvalue weighted by Gasteiger charge is 2.15. The van der Waals surface area contributed by atoms with Crippen molar-refractivity contribution in [2.45, 2.75) is 11.7 Å². The number of fused-ring (bicyclic) bond motifs is 3. The first-order valence-electron chi connectivity index (χ1n) is 8.21. The van der Waals surface area contributed by atoms with Gasteiger partial charge in [0.15, 0.2) is 11.4 Å². The van der Waals surface area contributed by atoms with Crippen molar-refractivity contribution in [2.75, 3.05) is 5.75 Å². The number of aromatic nitrogens is 4. The van der Waals surface area contributed by atoms with Crippen LogP contribution in [0.4, 0.5) is 0 Å². The molecule has 5 nitrogen and oxygen atoms in total. The highest BCUT2D eigenvalue weighted by molar-refractivity contribution is 7.99. The van der Waals surface area contributed by atoms with E-state index in [-0.39, 0.29) is 11.5 Å². The first-order chi connectivity index (χ1) is 12.8. The summed E-state index contributed by atoms with van der Waals surface area (Å²) in [4.78, 5) is 16.9. The standard InChI is InChI=1S/C20H16N4OS/c1-2-12-24-16-11-7-6-10-15(16)18-19(24)21-20(23-22-18)26-13-17(25)14-8-4-3-5-9-14/h2-11H,1,12-13H2. The topological polar surface area (TPSA) is 60.7 Å². The van der Waals surface area contributed by atoms with Crippen LogP contribution >= 0.6 is 11.8 Å². The fourth-order valence-electron chi connectivity index (χ4n) is 2.90. The number of nitrogens with zero attached hydrogens (tertiary/aromatic N) is 4. The molecule has 0 aliphatic rings. The van der Waals surface area contributed by atoms with Gasteiger partial charge < -0.3 is 4.57 Å². The van der Waals surface area contributed by atoms with E-state index >= 15 is 0 Å². The van der Waals surface area contributed by atoms with Crippen molar-refractivity contribution in [1.82, 2.24) is 19.7 Å². The van der Waals surface area contributed by atoms with E-state index in [1.807, 2.05) is 60.7 Å². The van der Waals surface area contributed by atoms with E-state index in [4.69, 9.17) is 0 Å². The molecule has 26 heavy (non-hydrogen) atoms. The summed E-state index contributed by atoms with van der Waals surface area (Å²) in [7, 11) is 0. The van der Waals surface area contributed by atoms with Crippen LogP contribution in [0.15, 0.2) is 72.4 Å². The van der Waals surface area contributed by atoms with Gasteiger partial charge in [-0.25, -0.2) is 4.98 Å². The molecule has 0 spiro atoms. The molecule has 6 heteroatoms. The average Bonchev–Trinajstić information content (AvgIpc) is 3.00. The van der Waals surface area contributed by atoms with Crippen LogP contribution in [0.1, 0.15) is 10.4 Å². The van der Waals surface area contributed by atoms with Gasteiger partial charge in [-0.05, 0) is 6.07 Å². The number of benzene rings is 2. The normalized spacial score (nSPS) is 11.1. The van der Waals surface area contributed by atoms with E-state index in [1.54, 1.807) is 0 Å². The highest BCUT2D eigenvalue weighted by Crippen LogP contribution is 2.27. The van der Waals surface area contributed by atoms with E-state index in [9.17, 15) is 4.79 Å². The van der Waals surface area contributed by atoms with Crippen molar-refractivity contribution >= 4 is 39.6 Å². The number of carbonyl (C=O) groups excluding carboxylic acids is 1. The largest absolute Gasteiger partial charge is 0.320 e. The Balaban J connectivity index is 1.67. The zero-order chi connectivity index (χ0) is 17.9. The molecule has 2 aromatic carbocycles. The van der Waals surface area contributed by atoms with Crippen LogP contribution in [-0.2, 0) is 6.54 Å². The van der Waals surface area contributed by atoms with E-state index in [0.717, 1.165) is 22.1 Å². The minimum atomic E-state index is 0.0472. The second-order valence-electron chi connectivity index (χ2n) is 5.76. The van der Waals surface area contributed by atoms with Crippen molar-refractivity contribution < 1.29 is 4.79 Å². The predicted octanol–water partition coefficient (Wildman–Crippen LogP) is 4.14. The second kappa shape index (κ2) is 7.09. The Morgan fingerprint density at radius 3 is 2.65 bits per heavy atom. The summed E-state index contributed by atoms with van der Waals surface area (Å²) in [6.07, 6.45) is 1.83. The Labute approximate surface area is 154 Å². The Bertz CT molecular complexity index is 1100. The molecular weight excluding hydrogens is 344 g/mol. The van der Waals surface area contributed by atoms with Gasteiger partial charge >= 0.3 is 0 Å². The summed E-state index contributed by atoms with van der Waals surface area (Å²) in [5.74, 6) is 0.324. The Kier molecular flexibility index (Phi) is 4.50. The molecule has 4 aromatic rings. The van der Waals surface area contributed by atoms with Crippen LogP contribution in [0, 0.1) is 0 Å². The number of para-hydroxylation sites is 1. The summed E-state index contributed by atoms with van der Waals surface area (Å²) in [5.41, 5.74) is 3.26. The summed E-state index contributed by atoms with van der Waals surface area (Å²) >= 11 is 1.30. The van der Waals surface area contributed by atoms with Crippen molar-refractivity contribution in [3.8, 4) is 0 Å². The van der Waals surface area contributed by atoms with Crippen LogP contribution < -0.4 is 0 Å². The van der Waals surface area contributed by atoms with Crippen molar-refractivity contribution in [3.63, 3.8) is 0 Å². The molecule has 0 saturated carbocycles. The van der Waals surface area contributed by atoms with Crippen LogP contribution in [0.25, 0.3) is 22.1 Å². The Hall–Kier alpha value is -2.99. The smallest absolute Gasteiger partial charge is 0.211 e. The maximum atomic E-state index is 12.3. The van der Waals surface area contributed by atoms with Crippen molar-refractivity contribution in [2.24, 2.45) is 0 Å². The number of ketones is 1. The monoisotopic (exact) mass is 360 g/mol. The Morgan fingerprint density at radius 2 is 1.85 bits per heavy atom. The lowest BCUT2D eigenvalue weighted by Gasteiger charge is -2.03. The third-order valence-electron chi connectivity index (χ3n) is 4.09. The van der Waals surface area contributed by atoms with Crippen LogP contribution in [0.3, 0.4) is 0 Å². The van der Waals surface area contributed by atoms with E-state index < -0.39 is 0 Å². The number of hydrogen-bond donors (Lipinski definition) is 0. The fourth-order valence-corrected chi connectivity index (χ4v) is 3.58. The zero-order valence-electron chi connectivity index (χ0n) is 14.0. The van der Waals surface area contributed by atoms with Gasteiger partial charge in [0.25, 0.3) is 0 Å². The molecule has 2 aromatic heterocycles.